The Labute approximate surface area is 178 Å². The second kappa shape index (κ2) is 8.30. The molecule has 1 atom stereocenters. The van der Waals surface area contributed by atoms with Gasteiger partial charge in [0.15, 0.2) is 5.69 Å². The molecule has 1 N–H and O–H groups in total. The maximum Gasteiger partial charge on any atom is 0.272 e. The quantitative estimate of drug-likeness (QED) is 0.537. The lowest BCUT2D eigenvalue weighted by atomic mass is 10.2. The minimum Gasteiger partial charge on any atom is -0.347 e. The molecule has 4 aromatic rings. The van der Waals surface area contributed by atoms with E-state index in [1.165, 1.54) is 16.9 Å². The van der Waals surface area contributed by atoms with E-state index in [1.54, 1.807) is 12.4 Å². The third-order valence-corrected chi connectivity index (χ3v) is 6.31. The molecule has 0 unspecified atom stereocenters. The van der Waals surface area contributed by atoms with E-state index in [0.29, 0.717) is 16.4 Å². The summed E-state index contributed by atoms with van der Waals surface area (Å²) in [6.45, 7) is 2.69. The van der Waals surface area contributed by atoms with Gasteiger partial charge in [0.25, 0.3) is 5.91 Å². The number of nitrogens with zero attached hydrogens (tertiary/aromatic N) is 4. The third kappa shape index (κ3) is 3.94. The van der Waals surface area contributed by atoms with Crippen LogP contribution in [0.25, 0.3) is 20.9 Å². The van der Waals surface area contributed by atoms with Crippen molar-refractivity contribution in [2.45, 2.75) is 19.0 Å². The van der Waals surface area contributed by atoms with Gasteiger partial charge in [0.1, 0.15) is 10.7 Å². The van der Waals surface area contributed by atoms with Crippen LogP contribution in [-0.4, -0.2) is 44.9 Å². The van der Waals surface area contributed by atoms with Gasteiger partial charge in [-0.3, -0.25) is 9.69 Å². The summed E-state index contributed by atoms with van der Waals surface area (Å²) in [5, 5.41) is 3.86. The van der Waals surface area contributed by atoms with Gasteiger partial charge in [-0.2, -0.15) is 0 Å². The van der Waals surface area contributed by atoms with Crippen LogP contribution in [0.1, 0.15) is 22.5 Å². The molecule has 0 radical (unpaired) electrons. The molecule has 150 valence electrons. The number of hydrogen-bond acceptors (Lipinski definition) is 6. The first-order valence-electron chi connectivity index (χ1n) is 10.0. The number of aromatic nitrogens is 3. The average Bonchev–Trinajstić information content (AvgIpc) is 3.41. The standard InChI is InChI=1S/C23H21N5OS/c29-22(26-17-10-13-28(15-17)14-16-6-2-1-3-7-16)20-21(25-12-11-24-20)23-27-18-8-4-5-9-19(18)30-23/h1-9,11-12,17H,10,13-15H2,(H,26,29)/t17-/m0/s1. The van der Waals surface area contributed by atoms with Gasteiger partial charge in [-0.15, -0.1) is 11.3 Å². The number of hydrogen-bond donors (Lipinski definition) is 1. The Morgan fingerprint density at radius 1 is 1.07 bits per heavy atom. The first-order chi connectivity index (χ1) is 14.8. The van der Waals surface area contributed by atoms with Gasteiger partial charge in [0.2, 0.25) is 0 Å². The fourth-order valence-corrected chi connectivity index (χ4v) is 4.79. The Kier molecular flexibility index (Phi) is 5.21. The van der Waals surface area contributed by atoms with Crippen LogP contribution in [0, 0.1) is 0 Å². The minimum atomic E-state index is -0.191. The Bertz CT molecular complexity index is 1140. The van der Waals surface area contributed by atoms with Gasteiger partial charge >= 0.3 is 0 Å². The zero-order valence-corrected chi connectivity index (χ0v) is 17.2. The lowest BCUT2D eigenvalue weighted by Gasteiger charge is -2.17. The zero-order chi connectivity index (χ0) is 20.3. The number of fused-ring (bicyclic) bond motifs is 1. The molecule has 30 heavy (non-hydrogen) atoms. The molecule has 0 saturated carbocycles. The minimum absolute atomic E-state index is 0.103. The number of carbonyl (C=O) groups is 1. The molecule has 0 spiro atoms. The molecule has 5 rings (SSSR count). The molecule has 1 fully saturated rings. The SMILES string of the molecule is O=C(N[C@H]1CCN(Cc2ccccc2)C1)c1nccnc1-c1nc2ccccc2s1. The zero-order valence-electron chi connectivity index (χ0n) is 16.4. The highest BCUT2D eigenvalue weighted by atomic mass is 32.1. The maximum absolute atomic E-state index is 13.0. The number of thiazole rings is 1. The van der Waals surface area contributed by atoms with E-state index in [9.17, 15) is 4.79 Å². The molecular formula is C23H21N5OS. The van der Waals surface area contributed by atoms with E-state index in [2.05, 4.69) is 49.4 Å². The summed E-state index contributed by atoms with van der Waals surface area (Å²) in [4.78, 5) is 28.8. The van der Waals surface area contributed by atoms with Crippen molar-refractivity contribution >= 4 is 27.5 Å². The molecular weight excluding hydrogens is 394 g/mol. The largest absolute Gasteiger partial charge is 0.347 e. The molecule has 1 aliphatic heterocycles. The van der Waals surface area contributed by atoms with Crippen LogP contribution >= 0.6 is 11.3 Å². The summed E-state index contributed by atoms with van der Waals surface area (Å²) in [6.07, 6.45) is 4.09. The average molecular weight is 416 g/mol. The van der Waals surface area contributed by atoms with Crippen molar-refractivity contribution in [3.05, 3.63) is 78.2 Å². The van der Waals surface area contributed by atoms with Crippen molar-refractivity contribution in [2.24, 2.45) is 0 Å². The van der Waals surface area contributed by atoms with Crippen LogP contribution in [-0.2, 0) is 6.54 Å². The van der Waals surface area contributed by atoms with Gasteiger partial charge in [0, 0.05) is 38.1 Å². The second-order valence-electron chi connectivity index (χ2n) is 7.42. The van der Waals surface area contributed by atoms with Crippen molar-refractivity contribution in [1.29, 1.82) is 0 Å². The van der Waals surface area contributed by atoms with Crippen LogP contribution in [0.3, 0.4) is 0 Å². The maximum atomic E-state index is 13.0. The van der Waals surface area contributed by atoms with Crippen LogP contribution in [0.15, 0.2) is 67.0 Å². The predicted molar refractivity (Wildman–Crippen MR) is 118 cm³/mol. The summed E-state index contributed by atoms with van der Waals surface area (Å²) in [5.41, 5.74) is 3.06. The van der Waals surface area contributed by atoms with Crippen LogP contribution in [0.4, 0.5) is 0 Å². The lowest BCUT2D eigenvalue weighted by molar-refractivity contribution is 0.0933. The summed E-state index contributed by atoms with van der Waals surface area (Å²) in [7, 11) is 0. The van der Waals surface area contributed by atoms with E-state index in [4.69, 9.17) is 0 Å². The number of benzene rings is 2. The topological polar surface area (TPSA) is 71.0 Å². The number of nitrogens with one attached hydrogen (secondary N) is 1. The summed E-state index contributed by atoms with van der Waals surface area (Å²) < 4.78 is 1.07. The van der Waals surface area contributed by atoms with Gasteiger partial charge in [-0.25, -0.2) is 15.0 Å². The molecule has 0 bridgehead atoms. The van der Waals surface area contributed by atoms with E-state index in [1.807, 2.05) is 30.3 Å². The molecule has 2 aromatic heterocycles. The Hall–Kier alpha value is -3.16. The second-order valence-corrected chi connectivity index (χ2v) is 8.45. The van der Waals surface area contributed by atoms with E-state index in [-0.39, 0.29) is 11.9 Å². The number of para-hydroxylation sites is 1. The Balaban J connectivity index is 1.30. The van der Waals surface area contributed by atoms with Crippen molar-refractivity contribution < 1.29 is 4.79 Å². The van der Waals surface area contributed by atoms with Crippen LogP contribution in [0.2, 0.25) is 0 Å². The normalized spacial score (nSPS) is 16.7. The molecule has 3 heterocycles. The Morgan fingerprint density at radius 3 is 2.73 bits per heavy atom. The number of rotatable bonds is 5. The molecule has 1 saturated heterocycles. The van der Waals surface area contributed by atoms with Crippen LogP contribution < -0.4 is 5.32 Å². The molecule has 1 amide bonds. The van der Waals surface area contributed by atoms with E-state index < -0.39 is 0 Å². The predicted octanol–water partition coefficient (Wildman–Crippen LogP) is 3.76. The highest BCUT2D eigenvalue weighted by Crippen LogP contribution is 2.30. The van der Waals surface area contributed by atoms with Gasteiger partial charge < -0.3 is 5.32 Å². The van der Waals surface area contributed by atoms with Crippen molar-refractivity contribution in [1.82, 2.24) is 25.2 Å². The summed E-state index contributed by atoms with van der Waals surface area (Å²) in [5.74, 6) is -0.191. The highest BCUT2D eigenvalue weighted by molar-refractivity contribution is 7.21. The van der Waals surface area contributed by atoms with Crippen molar-refractivity contribution in [3.63, 3.8) is 0 Å². The molecule has 1 aliphatic rings. The Morgan fingerprint density at radius 2 is 1.87 bits per heavy atom. The lowest BCUT2D eigenvalue weighted by Crippen LogP contribution is -2.37. The first-order valence-corrected chi connectivity index (χ1v) is 10.8. The number of likely N-dealkylation sites (tertiary alicyclic amines) is 1. The highest BCUT2D eigenvalue weighted by Gasteiger charge is 2.26. The smallest absolute Gasteiger partial charge is 0.272 e. The fraction of sp³-hybridized carbons (Fsp3) is 0.217. The molecule has 6 nitrogen and oxygen atoms in total. The number of amides is 1. The summed E-state index contributed by atoms with van der Waals surface area (Å²) in [6, 6.07) is 18.4. The van der Waals surface area contributed by atoms with Gasteiger partial charge in [0.05, 0.1) is 10.2 Å². The van der Waals surface area contributed by atoms with E-state index in [0.717, 1.165) is 36.3 Å². The molecule has 0 aliphatic carbocycles. The van der Waals surface area contributed by atoms with E-state index >= 15 is 0 Å². The summed E-state index contributed by atoms with van der Waals surface area (Å²) >= 11 is 1.52. The van der Waals surface area contributed by atoms with Gasteiger partial charge in [-0.1, -0.05) is 42.5 Å². The first kappa shape index (κ1) is 18.8. The van der Waals surface area contributed by atoms with Crippen molar-refractivity contribution in [3.8, 4) is 10.7 Å². The van der Waals surface area contributed by atoms with Gasteiger partial charge in [-0.05, 0) is 24.1 Å². The van der Waals surface area contributed by atoms with Crippen molar-refractivity contribution in [2.75, 3.05) is 13.1 Å². The van der Waals surface area contributed by atoms with Crippen LogP contribution in [0.5, 0.6) is 0 Å². The molecule has 2 aromatic carbocycles. The number of carbonyl (C=O) groups excluding carboxylic acids is 1. The molecule has 7 heteroatoms. The third-order valence-electron chi connectivity index (χ3n) is 5.27. The monoisotopic (exact) mass is 415 g/mol. The fourth-order valence-electron chi connectivity index (χ4n) is 3.82.